The van der Waals surface area contributed by atoms with Gasteiger partial charge in [0.1, 0.15) is 29.8 Å². The molecule has 0 saturated heterocycles. The van der Waals surface area contributed by atoms with Crippen LogP contribution in [-0.4, -0.2) is 16.1 Å². The summed E-state index contributed by atoms with van der Waals surface area (Å²) in [5.74, 6) is -3.99. The Hall–Kier alpha value is -4.86. The molecule has 0 aliphatic rings. The minimum Gasteiger partial charge on any atom is -0.489 e. The zero-order chi connectivity index (χ0) is 31.8. The first-order chi connectivity index (χ1) is 20.7. The van der Waals surface area contributed by atoms with Crippen molar-refractivity contribution < 1.29 is 41.0 Å². The number of rotatable bonds is 8. The third-order valence-corrected chi connectivity index (χ3v) is 7.43. The molecule has 0 unspecified atom stereocenters. The van der Waals surface area contributed by atoms with Gasteiger partial charge in [0, 0.05) is 35.1 Å². The first-order valence-corrected chi connectivity index (χ1v) is 13.4. The molecule has 0 radical (unpaired) electrons. The van der Waals surface area contributed by atoms with Gasteiger partial charge in [0.25, 0.3) is 0 Å². The third kappa shape index (κ3) is 6.24. The van der Waals surface area contributed by atoms with Crippen molar-refractivity contribution in [2.24, 2.45) is 0 Å². The van der Waals surface area contributed by atoms with Gasteiger partial charge in [0.15, 0.2) is 0 Å². The first kappa shape index (κ1) is 30.6. The van der Waals surface area contributed by atoms with Gasteiger partial charge in [-0.3, -0.25) is 4.79 Å². The van der Waals surface area contributed by atoms with Crippen molar-refractivity contribution in [1.29, 1.82) is 0 Å². The highest BCUT2D eigenvalue weighted by atomic mass is 19.4. The van der Waals surface area contributed by atoms with Gasteiger partial charge < -0.3 is 9.84 Å². The Morgan fingerprint density at radius 2 is 1.52 bits per heavy atom. The number of benzene rings is 4. The Labute approximate surface area is 248 Å². The molecule has 4 aromatic carbocycles. The van der Waals surface area contributed by atoms with E-state index in [9.17, 15) is 36.2 Å². The van der Waals surface area contributed by atoms with Crippen molar-refractivity contribution in [3.8, 4) is 17.0 Å². The summed E-state index contributed by atoms with van der Waals surface area (Å²) in [5.41, 5.74) is -0.902. The minimum atomic E-state index is -4.71. The predicted molar refractivity (Wildman–Crippen MR) is 153 cm³/mol. The summed E-state index contributed by atoms with van der Waals surface area (Å²) in [6.07, 6.45) is -5.11. The number of carbonyl (C=O) groups is 1. The Balaban J connectivity index is 1.53. The molecule has 1 aromatic heterocycles. The molecule has 0 saturated carbocycles. The van der Waals surface area contributed by atoms with Gasteiger partial charge in [0.2, 0.25) is 0 Å². The van der Waals surface area contributed by atoms with Crippen LogP contribution in [-0.2, 0) is 29.4 Å². The molecule has 0 aliphatic carbocycles. The second-order valence-electron chi connectivity index (χ2n) is 10.8. The van der Waals surface area contributed by atoms with Crippen molar-refractivity contribution in [3.63, 3.8) is 0 Å². The summed E-state index contributed by atoms with van der Waals surface area (Å²) in [6, 6.07) is 19.2. The van der Waals surface area contributed by atoms with E-state index in [0.717, 1.165) is 11.6 Å². The molecule has 44 heavy (non-hydrogen) atoms. The van der Waals surface area contributed by atoms with Gasteiger partial charge >= 0.3 is 12.1 Å². The van der Waals surface area contributed by atoms with Crippen molar-refractivity contribution in [3.05, 3.63) is 130 Å². The molecule has 10 heteroatoms. The topological polar surface area (TPSA) is 59.4 Å². The second-order valence-corrected chi connectivity index (χ2v) is 10.8. The number of ether oxygens (including phenoxy) is 1. The number of hydrogen-bond acceptors (Lipinski definition) is 3. The molecule has 4 nitrogen and oxygen atoms in total. The summed E-state index contributed by atoms with van der Waals surface area (Å²) >= 11 is 0. The lowest BCUT2D eigenvalue weighted by atomic mass is 9.84. The fraction of sp³-hybridized carbons (Fsp3) is 0.176. The highest BCUT2D eigenvalue weighted by molar-refractivity contribution is 5.87. The predicted octanol–water partition coefficient (Wildman–Crippen LogP) is 8.87. The van der Waals surface area contributed by atoms with Crippen LogP contribution in [0, 0.1) is 17.5 Å². The van der Waals surface area contributed by atoms with Crippen LogP contribution in [0.1, 0.15) is 41.7 Å². The van der Waals surface area contributed by atoms with E-state index in [1.807, 2.05) is 0 Å². The van der Waals surface area contributed by atoms with Gasteiger partial charge in [-0.25, -0.2) is 18.2 Å². The number of alkyl halides is 3. The van der Waals surface area contributed by atoms with Crippen LogP contribution in [0.2, 0.25) is 0 Å². The number of pyridine rings is 1. The van der Waals surface area contributed by atoms with Crippen molar-refractivity contribution >= 4 is 16.9 Å². The van der Waals surface area contributed by atoms with Crippen LogP contribution in [0.3, 0.4) is 0 Å². The quantitative estimate of drug-likeness (QED) is 0.179. The molecule has 0 aliphatic heterocycles. The molecule has 5 aromatic rings. The van der Waals surface area contributed by atoms with Crippen LogP contribution in [0.5, 0.6) is 5.75 Å². The van der Waals surface area contributed by atoms with Crippen LogP contribution in [0.25, 0.3) is 22.2 Å². The highest BCUT2D eigenvalue weighted by Gasteiger charge is 2.33. The molecule has 1 N–H and O–H groups in total. The van der Waals surface area contributed by atoms with E-state index in [0.29, 0.717) is 29.0 Å². The standard InChI is InChI=1S/C34H25F6NO3/c1-33(2,32(42)43)23-11-9-19(10-12-23)18-44-25-7-3-5-21(14-25)30-22(15-26-28(36)16-24(35)17-29(26)37)13-20-6-4-8-27(31(20)41-30)34(38,39)40/h3-14,16-17H,15,18H2,1-2H3,(H,42,43). The number of carboxylic acids is 1. The van der Waals surface area contributed by atoms with E-state index in [4.69, 9.17) is 4.74 Å². The first-order valence-electron chi connectivity index (χ1n) is 13.4. The monoisotopic (exact) mass is 609 g/mol. The lowest BCUT2D eigenvalue weighted by molar-refractivity contribution is -0.142. The van der Waals surface area contributed by atoms with Crippen molar-refractivity contribution in [2.45, 2.75) is 38.5 Å². The van der Waals surface area contributed by atoms with Crippen LogP contribution < -0.4 is 4.74 Å². The zero-order valence-corrected chi connectivity index (χ0v) is 23.5. The molecule has 0 spiro atoms. The van der Waals surface area contributed by atoms with E-state index in [1.54, 1.807) is 62.4 Å². The molecule has 0 amide bonds. The number of aliphatic carboxylic acids is 1. The lowest BCUT2D eigenvalue weighted by Crippen LogP contribution is -2.28. The van der Waals surface area contributed by atoms with E-state index >= 15 is 0 Å². The number of para-hydroxylation sites is 1. The van der Waals surface area contributed by atoms with Gasteiger partial charge in [-0.15, -0.1) is 0 Å². The second kappa shape index (κ2) is 11.7. The van der Waals surface area contributed by atoms with Crippen molar-refractivity contribution in [1.82, 2.24) is 4.98 Å². The molecular formula is C34H25F6NO3. The molecule has 1 heterocycles. The molecule has 5 rings (SSSR count). The van der Waals surface area contributed by atoms with Crippen LogP contribution >= 0.6 is 0 Å². The highest BCUT2D eigenvalue weighted by Crippen LogP contribution is 2.37. The van der Waals surface area contributed by atoms with Crippen molar-refractivity contribution in [2.75, 3.05) is 0 Å². The molecule has 0 bridgehead atoms. The maximum absolute atomic E-state index is 14.6. The number of aromatic nitrogens is 1. The fourth-order valence-electron chi connectivity index (χ4n) is 4.83. The van der Waals surface area contributed by atoms with Crippen LogP contribution in [0.15, 0.2) is 84.9 Å². The van der Waals surface area contributed by atoms with Gasteiger partial charge in [0.05, 0.1) is 22.2 Å². The Bertz CT molecular complexity index is 1840. The maximum atomic E-state index is 14.6. The zero-order valence-electron chi connectivity index (χ0n) is 23.5. The summed E-state index contributed by atoms with van der Waals surface area (Å²) in [7, 11) is 0. The van der Waals surface area contributed by atoms with E-state index < -0.39 is 52.6 Å². The number of fused-ring (bicyclic) bond motifs is 1. The summed E-state index contributed by atoms with van der Waals surface area (Å²) in [4.78, 5) is 15.9. The third-order valence-electron chi connectivity index (χ3n) is 7.43. The minimum absolute atomic E-state index is 0.0445. The molecular weight excluding hydrogens is 584 g/mol. The largest absolute Gasteiger partial charge is 0.489 e. The summed E-state index contributed by atoms with van der Waals surface area (Å²) < 4.78 is 90.3. The normalized spacial score (nSPS) is 12.0. The molecule has 0 fully saturated rings. The summed E-state index contributed by atoms with van der Waals surface area (Å²) in [5, 5.41) is 9.57. The lowest BCUT2D eigenvalue weighted by Gasteiger charge is -2.20. The average molecular weight is 610 g/mol. The number of nitrogens with zero attached hydrogens (tertiary/aromatic N) is 1. The summed E-state index contributed by atoms with van der Waals surface area (Å²) in [6.45, 7) is 3.29. The van der Waals surface area contributed by atoms with E-state index in [-0.39, 0.29) is 28.8 Å². The Kier molecular flexibility index (Phi) is 8.11. The SMILES string of the molecule is CC(C)(C(=O)O)c1ccc(COc2cccc(-c3nc4c(C(F)(F)F)cccc4cc3Cc3c(F)cc(F)cc3F)c2)cc1. The van der Waals surface area contributed by atoms with Gasteiger partial charge in [-0.1, -0.05) is 48.5 Å². The van der Waals surface area contributed by atoms with Gasteiger partial charge in [-0.2, -0.15) is 13.2 Å². The average Bonchev–Trinajstić information content (AvgIpc) is 2.97. The van der Waals surface area contributed by atoms with E-state index in [2.05, 4.69) is 4.98 Å². The number of halogens is 6. The van der Waals surface area contributed by atoms with Gasteiger partial charge in [-0.05, 0) is 54.8 Å². The fourth-order valence-corrected chi connectivity index (χ4v) is 4.83. The molecule has 0 atom stereocenters. The van der Waals surface area contributed by atoms with E-state index in [1.165, 1.54) is 18.2 Å². The number of carboxylic acid groups (broad SMARTS) is 1. The number of hydrogen-bond donors (Lipinski definition) is 1. The Morgan fingerprint density at radius 1 is 0.864 bits per heavy atom. The maximum Gasteiger partial charge on any atom is 0.418 e. The Morgan fingerprint density at radius 3 is 2.16 bits per heavy atom. The smallest absolute Gasteiger partial charge is 0.418 e. The van der Waals surface area contributed by atoms with Crippen LogP contribution in [0.4, 0.5) is 26.3 Å². The molecule has 226 valence electrons.